The van der Waals surface area contributed by atoms with Gasteiger partial charge >= 0.3 is 0 Å². The second-order valence-corrected chi connectivity index (χ2v) is 5.79. The van der Waals surface area contributed by atoms with E-state index in [2.05, 4.69) is 9.97 Å². The first-order chi connectivity index (χ1) is 9.31. The van der Waals surface area contributed by atoms with Crippen molar-refractivity contribution in [3.63, 3.8) is 0 Å². The van der Waals surface area contributed by atoms with Crippen LogP contribution < -0.4 is 5.73 Å². The van der Waals surface area contributed by atoms with E-state index in [1.807, 2.05) is 11.4 Å². The molecular formula is C12H17N3O2S2. The van der Waals surface area contributed by atoms with Gasteiger partial charge in [-0.15, -0.1) is 11.3 Å². The number of hydrogen-bond donors (Lipinski definition) is 1. The summed E-state index contributed by atoms with van der Waals surface area (Å²) in [7, 11) is 1.67. The Morgan fingerprint density at radius 1 is 1.32 bits per heavy atom. The van der Waals surface area contributed by atoms with Crippen LogP contribution in [-0.2, 0) is 9.47 Å². The minimum absolute atomic E-state index is 0.560. The van der Waals surface area contributed by atoms with Gasteiger partial charge in [0.25, 0.3) is 0 Å². The summed E-state index contributed by atoms with van der Waals surface area (Å²) in [6, 6.07) is 1.95. The van der Waals surface area contributed by atoms with Crippen molar-refractivity contribution in [2.75, 3.05) is 38.4 Å². The molecule has 0 aromatic carbocycles. The van der Waals surface area contributed by atoms with E-state index < -0.39 is 0 Å². The SMILES string of the molecule is COCCOCCCSc1nc(N)c2ccsc2n1. The van der Waals surface area contributed by atoms with Crippen LogP contribution in [0.2, 0.25) is 0 Å². The number of thioether (sulfide) groups is 1. The Bertz CT molecular complexity index is 519. The van der Waals surface area contributed by atoms with Gasteiger partial charge in [-0.25, -0.2) is 9.97 Å². The van der Waals surface area contributed by atoms with E-state index in [1.54, 1.807) is 30.2 Å². The number of ether oxygens (including phenoxy) is 2. The highest BCUT2D eigenvalue weighted by Crippen LogP contribution is 2.26. The molecule has 0 saturated heterocycles. The lowest BCUT2D eigenvalue weighted by molar-refractivity contribution is 0.0713. The standard InChI is InChI=1S/C12H17N3O2S2/c1-16-5-6-17-4-2-7-19-12-14-10(13)9-3-8-18-11(9)15-12/h3,8H,2,4-7H2,1H3,(H2,13,14,15). The molecule has 0 atom stereocenters. The zero-order valence-electron chi connectivity index (χ0n) is 10.8. The lowest BCUT2D eigenvalue weighted by Crippen LogP contribution is -2.03. The molecule has 0 radical (unpaired) electrons. The van der Waals surface area contributed by atoms with Crippen LogP contribution in [0.3, 0.4) is 0 Å². The molecule has 0 spiro atoms. The van der Waals surface area contributed by atoms with Crippen molar-refractivity contribution < 1.29 is 9.47 Å². The number of nitrogens with zero attached hydrogens (tertiary/aromatic N) is 2. The number of thiophene rings is 1. The fraction of sp³-hybridized carbons (Fsp3) is 0.500. The molecule has 2 aromatic rings. The van der Waals surface area contributed by atoms with Crippen molar-refractivity contribution in [3.8, 4) is 0 Å². The Kier molecular flexibility index (Phi) is 5.84. The van der Waals surface area contributed by atoms with Gasteiger partial charge in [0.1, 0.15) is 10.6 Å². The number of hydrogen-bond acceptors (Lipinski definition) is 7. The molecule has 2 N–H and O–H groups in total. The van der Waals surface area contributed by atoms with Gasteiger partial charge in [-0.1, -0.05) is 11.8 Å². The highest BCUT2D eigenvalue weighted by molar-refractivity contribution is 7.99. The largest absolute Gasteiger partial charge is 0.383 e. The zero-order chi connectivity index (χ0) is 13.5. The molecule has 2 heterocycles. The van der Waals surface area contributed by atoms with E-state index in [1.165, 1.54) is 0 Å². The summed E-state index contributed by atoms with van der Waals surface area (Å²) in [6.07, 6.45) is 0.958. The Labute approximate surface area is 120 Å². The van der Waals surface area contributed by atoms with Gasteiger partial charge in [0.05, 0.1) is 18.6 Å². The van der Waals surface area contributed by atoms with Crippen LogP contribution in [0.5, 0.6) is 0 Å². The van der Waals surface area contributed by atoms with Gasteiger partial charge in [0, 0.05) is 19.5 Å². The highest BCUT2D eigenvalue weighted by Gasteiger charge is 2.06. The third-order valence-corrected chi connectivity index (χ3v) is 4.17. The van der Waals surface area contributed by atoms with E-state index >= 15 is 0 Å². The molecule has 0 fully saturated rings. The van der Waals surface area contributed by atoms with Crippen molar-refractivity contribution >= 4 is 39.1 Å². The normalized spacial score (nSPS) is 11.2. The third kappa shape index (κ3) is 4.31. The first kappa shape index (κ1) is 14.5. The highest BCUT2D eigenvalue weighted by atomic mass is 32.2. The van der Waals surface area contributed by atoms with Crippen LogP contribution in [0.4, 0.5) is 5.82 Å². The van der Waals surface area contributed by atoms with Crippen molar-refractivity contribution in [1.82, 2.24) is 9.97 Å². The van der Waals surface area contributed by atoms with Crippen molar-refractivity contribution in [2.24, 2.45) is 0 Å². The monoisotopic (exact) mass is 299 g/mol. The Morgan fingerprint density at radius 2 is 2.21 bits per heavy atom. The number of fused-ring (bicyclic) bond motifs is 1. The summed E-state index contributed by atoms with van der Waals surface area (Å²) in [5, 5.41) is 3.66. The maximum absolute atomic E-state index is 5.89. The Morgan fingerprint density at radius 3 is 3.05 bits per heavy atom. The second-order valence-electron chi connectivity index (χ2n) is 3.84. The maximum atomic E-state index is 5.89. The smallest absolute Gasteiger partial charge is 0.190 e. The van der Waals surface area contributed by atoms with Crippen LogP contribution >= 0.6 is 23.1 Å². The molecule has 7 heteroatoms. The fourth-order valence-corrected chi connectivity index (χ4v) is 3.08. The minimum Gasteiger partial charge on any atom is -0.383 e. The second kappa shape index (κ2) is 7.64. The molecule has 0 amide bonds. The average molecular weight is 299 g/mol. The molecule has 0 saturated carbocycles. The molecule has 5 nitrogen and oxygen atoms in total. The van der Waals surface area contributed by atoms with Crippen molar-refractivity contribution in [1.29, 1.82) is 0 Å². The number of nitrogen functional groups attached to an aromatic ring is 1. The van der Waals surface area contributed by atoms with Gasteiger partial charge in [0.15, 0.2) is 5.16 Å². The minimum atomic E-state index is 0.560. The van der Waals surface area contributed by atoms with Gasteiger partial charge in [0.2, 0.25) is 0 Å². The van der Waals surface area contributed by atoms with E-state index in [-0.39, 0.29) is 0 Å². The molecular weight excluding hydrogens is 282 g/mol. The van der Waals surface area contributed by atoms with Gasteiger partial charge in [-0.05, 0) is 17.9 Å². The summed E-state index contributed by atoms with van der Waals surface area (Å²) >= 11 is 3.20. The van der Waals surface area contributed by atoms with E-state index in [0.29, 0.717) is 19.0 Å². The number of aromatic nitrogens is 2. The topological polar surface area (TPSA) is 70.3 Å². The third-order valence-electron chi connectivity index (χ3n) is 2.43. The summed E-state index contributed by atoms with van der Waals surface area (Å²) in [4.78, 5) is 9.72. The average Bonchev–Trinajstić information content (AvgIpc) is 2.86. The van der Waals surface area contributed by atoms with Gasteiger partial charge in [-0.2, -0.15) is 0 Å². The summed E-state index contributed by atoms with van der Waals surface area (Å²) in [5.41, 5.74) is 5.89. The zero-order valence-corrected chi connectivity index (χ0v) is 12.4. The molecule has 0 unspecified atom stereocenters. The maximum Gasteiger partial charge on any atom is 0.190 e. The van der Waals surface area contributed by atoms with Gasteiger partial charge < -0.3 is 15.2 Å². The van der Waals surface area contributed by atoms with Crippen LogP contribution in [0.25, 0.3) is 10.2 Å². The van der Waals surface area contributed by atoms with Crippen LogP contribution in [0.15, 0.2) is 16.6 Å². The molecule has 19 heavy (non-hydrogen) atoms. The number of nitrogens with two attached hydrogens (primary N) is 1. The molecule has 2 rings (SSSR count). The van der Waals surface area contributed by atoms with E-state index in [4.69, 9.17) is 15.2 Å². The predicted molar refractivity (Wildman–Crippen MR) is 79.9 cm³/mol. The fourth-order valence-electron chi connectivity index (χ4n) is 1.49. The first-order valence-electron chi connectivity index (χ1n) is 6.01. The van der Waals surface area contributed by atoms with Crippen LogP contribution in [-0.4, -0.2) is 42.7 Å². The number of rotatable bonds is 8. The van der Waals surface area contributed by atoms with Crippen molar-refractivity contribution in [2.45, 2.75) is 11.6 Å². The summed E-state index contributed by atoms with van der Waals surface area (Å²) in [6.45, 7) is 2.01. The lowest BCUT2D eigenvalue weighted by Gasteiger charge is -2.04. The summed E-state index contributed by atoms with van der Waals surface area (Å²) < 4.78 is 10.3. The van der Waals surface area contributed by atoms with Gasteiger partial charge in [-0.3, -0.25) is 0 Å². The first-order valence-corrected chi connectivity index (χ1v) is 7.88. The molecule has 104 valence electrons. The molecule has 0 aliphatic heterocycles. The van der Waals surface area contributed by atoms with Crippen LogP contribution in [0.1, 0.15) is 6.42 Å². The lowest BCUT2D eigenvalue weighted by atomic mass is 10.4. The Hall–Kier alpha value is -0.890. The van der Waals surface area contributed by atoms with Crippen molar-refractivity contribution in [3.05, 3.63) is 11.4 Å². The molecule has 0 aliphatic rings. The molecule has 2 aromatic heterocycles. The van der Waals surface area contributed by atoms with Crippen LogP contribution in [0, 0.1) is 0 Å². The number of anilines is 1. The molecule has 0 bridgehead atoms. The summed E-state index contributed by atoms with van der Waals surface area (Å²) in [5.74, 6) is 1.48. The molecule has 0 aliphatic carbocycles. The van der Waals surface area contributed by atoms with E-state index in [0.717, 1.165) is 34.2 Å². The predicted octanol–water partition coefficient (Wildman–Crippen LogP) is 2.42. The van der Waals surface area contributed by atoms with E-state index in [9.17, 15) is 0 Å². The quantitative estimate of drug-likeness (QED) is 0.458. The Balaban J connectivity index is 1.75. The number of methoxy groups -OCH3 is 1.